The van der Waals surface area contributed by atoms with Crippen LogP contribution in [0.5, 0.6) is 0 Å². The lowest BCUT2D eigenvalue weighted by Crippen LogP contribution is -2.50. The predicted octanol–water partition coefficient (Wildman–Crippen LogP) is 4.35. The predicted molar refractivity (Wildman–Crippen MR) is 124 cm³/mol. The molecule has 1 aliphatic heterocycles. The monoisotopic (exact) mass is 399 g/mol. The minimum Gasteiger partial charge on any atom is -0.369 e. The first-order chi connectivity index (χ1) is 14.7. The highest BCUT2D eigenvalue weighted by Gasteiger charge is 2.23. The third-order valence-corrected chi connectivity index (χ3v) is 5.68. The first-order valence-electron chi connectivity index (χ1n) is 10.6. The van der Waals surface area contributed by atoms with Crippen molar-refractivity contribution < 1.29 is 4.79 Å². The molecule has 0 saturated carbocycles. The Morgan fingerprint density at radius 3 is 2.03 bits per heavy atom. The van der Waals surface area contributed by atoms with Crippen LogP contribution in [0, 0.1) is 6.92 Å². The number of para-hydroxylation sites is 1. The summed E-state index contributed by atoms with van der Waals surface area (Å²) in [5, 5.41) is 0. The summed E-state index contributed by atoms with van der Waals surface area (Å²) >= 11 is 0. The molecule has 1 amide bonds. The van der Waals surface area contributed by atoms with Crippen LogP contribution in [-0.2, 0) is 11.3 Å². The van der Waals surface area contributed by atoms with Gasteiger partial charge in [-0.2, -0.15) is 0 Å². The van der Waals surface area contributed by atoms with E-state index in [1.165, 1.54) is 11.3 Å². The number of carbonyl (C=O) groups is 1. The number of aryl methyl sites for hydroxylation is 1. The van der Waals surface area contributed by atoms with Gasteiger partial charge in [0.2, 0.25) is 5.91 Å². The number of carbonyl (C=O) groups excluding carboxylic acids is 1. The van der Waals surface area contributed by atoms with E-state index in [9.17, 15) is 4.79 Å². The Morgan fingerprint density at radius 1 is 0.800 bits per heavy atom. The lowest BCUT2D eigenvalue weighted by molar-refractivity contribution is -0.120. The second-order valence-electron chi connectivity index (χ2n) is 7.90. The molecule has 1 saturated heterocycles. The number of benzene rings is 3. The van der Waals surface area contributed by atoms with E-state index in [1.54, 1.807) is 0 Å². The van der Waals surface area contributed by atoms with E-state index in [0.29, 0.717) is 13.1 Å². The maximum absolute atomic E-state index is 13.3. The van der Waals surface area contributed by atoms with Crippen LogP contribution in [0.4, 0.5) is 11.4 Å². The fraction of sp³-hybridized carbons (Fsp3) is 0.269. The highest BCUT2D eigenvalue weighted by Crippen LogP contribution is 2.19. The van der Waals surface area contributed by atoms with Gasteiger partial charge in [-0.05, 0) is 36.8 Å². The highest BCUT2D eigenvalue weighted by atomic mass is 16.2. The van der Waals surface area contributed by atoms with Gasteiger partial charge in [-0.15, -0.1) is 0 Å². The summed E-state index contributed by atoms with van der Waals surface area (Å²) in [7, 11) is 0. The van der Waals surface area contributed by atoms with Crippen LogP contribution < -0.4 is 9.80 Å². The van der Waals surface area contributed by atoms with Gasteiger partial charge in [0, 0.05) is 37.6 Å². The SMILES string of the molecule is Cc1ccc(N2CCN(CC(=O)N(Cc3ccccc3)c3ccccc3)CC2)cc1. The first kappa shape index (κ1) is 20.2. The van der Waals surface area contributed by atoms with Crippen molar-refractivity contribution >= 4 is 17.3 Å². The minimum atomic E-state index is 0.147. The Morgan fingerprint density at radius 2 is 1.40 bits per heavy atom. The average molecular weight is 400 g/mol. The molecule has 154 valence electrons. The molecule has 0 aliphatic carbocycles. The Hall–Kier alpha value is -3.11. The molecule has 1 aliphatic rings. The van der Waals surface area contributed by atoms with E-state index in [-0.39, 0.29) is 5.91 Å². The van der Waals surface area contributed by atoms with Crippen molar-refractivity contribution in [3.05, 3.63) is 96.1 Å². The molecule has 0 aromatic heterocycles. The van der Waals surface area contributed by atoms with Crippen LogP contribution in [0.25, 0.3) is 0 Å². The minimum absolute atomic E-state index is 0.147. The number of nitrogens with zero attached hydrogens (tertiary/aromatic N) is 3. The van der Waals surface area contributed by atoms with Gasteiger partial charge < -0.3 is 9.80 Å². The van der Waals surface area contributed by atoms with Gasteiger partial charge in [-0.25, -0.2) is 0 Å². The first-order valence-corrected chi connectivity index (χ1v) is 10.6. The van der Waals surface area contributed by atoms with Crippen molar-refractivity contribution in [2.24, 2.45) is 0 Å². The summed E-state index contributed by atoms with van der Waals surface area (Å²) in [5.74, 6) is 0.147. The number of anilines is 2. The third kappa shape index (κ3) is 5.08. The molecule has 0 radical (unpaired) electrons. The third-order valence-electron chi connectivity index (χ3n) is 5.68. The number of amides is 1. The Labute approximate surface area is 179 Å². The highest BCUT2D eigenvalue weighted by molar-refractivity contribution is 5.94. The molecule has 4 heteroatoms. The Bertz CT molecular complexity index is 933. The molecule has 1 heterocycles. The molecule has 0 spiro atoms. The normalized spacial score (nSPS) is 14.5. The van der Waals surface area contributed by atoms with Crippen molar-refractivity contribution in [2.75, 3.05) is 42.5 Å². The van der Waals surface area contributed by atoms with Crippen molar-refractivity contribution in [3.63, 3.8) is 0 Å². The molecule has 4 rings (SSSR count). The van der Waals surface area contributed by atoms with Gasteiger partial charge in [0.25, 0.3) is 0 Å². The molecule has 3 aromatic carbocycles. The zero-order valence-corrected chi connectivity index (χ0v) is 17.6. The fourth-order valence-electron chi connectivity index (χ4n) is 3.89. The lowest BCUT2D eigenvalue weighted by atomic mass is 10.2. The van der Waals surface area contributed by atoms with Crippen molar-refractivity contribution in [2.45, 2.75) is 13.5 Å². The van der Waals surface area contributed by atoms with E-state index in [4.69, 9.17) is 0 Å². The number of piperazine rings is 1. The zero-order valence-electron chi connectivity index (χ0n) is 17.6. The molecular formula is C26H29N3O. The second kappa shape index (κ2) is 9.59. The zero-order chi connectivity index (χ0) is 20.8. The summed E-state index contributed by atoms with van der Waals surface area (Å²) in [4.78, 5) is 19.9. The maximum Gasteiger partial charge on any atom is 0.241 e. The number of rotatable bonds is 6. The van der Waals surface area contributed by atoms with Gasteiger partial charge in [-0.3, -0.25) is 9.69 Å². The van der Waals surface area contributed by atoms with E-state index in [0.717, 1.165) is 37.4 Å². The van der Waals surface area contributed by atoms with Gasteiger partial charge in [0.05, 0.1) is 13.1 Å². The molecule has 0 atom stereocenters. The lowest BCUT2D eigenvalue weighted by Gasteiger charge is -2.36. The van der Waals surface area contributed by atoms with E-state index < -0.39 is 0 Å². The molecule has 30 heavy (non-hydrogen) atoms. The topological polar surface area (TPSA) is 26.8 Å². The van der Waals surface area contributed by atoms with Crippen molar-refractivity contribution in [1.82, 2.24) is 4.90 Å². The molecule has 3 aromatic rings. The Kier molecular flexibility index (Phi) is 6.45. The number of hydrogen-bond acceptors (Lipinski definition) is 3. The average Bonchev–Trinajstić information content (AvgIpc) is 2.80. The van der Waals surface area contributed by atoms with Crippen molar-refractivity contribution in [3.8, 4) is 0 Å². The second-order valence-corrected chi connectivity index (χ2v) is 7.90. The van der Waals surface area contributed by atoms with Gasteiger partial charge in [0.1, 0.15) is 0 Å². The molecule has 0 N–H and O–H groups in total. The van der Waals surface area contributed by atoms with Crippen LogP contribution in [0.1, 0.15) is 11.1 Å². The van der Waals surface area contributed by atoms with E-state index >= 15 is 0 Å². The summed E-state index contributed by atoms with van der Waals surface area (Å²) in [6, 6.07) is 28.9. The summed E-state index contributed by atoms with van der Waals surface area (Å²) in [5.41, 5.74) is 4.63. The fourth-order valence-corrected chi connectivity index (χ4v) is 3.89. The van der Waals surface area contributed by atoms with Gasteiger partial charge in [-0.1, -0.05) is 66.2 Å². The Balaban J connectivity index is 1.40. The summed E-state index contributed by atoms with van der Waals surface area (Å²) in [6.45, 7) is 6.83. The van der Waals surface area contributed by atoms with Crippen LogP contribution >= 0.6 is 0 Å². The van der Waals surface area contributed by atoms with E-state index in [2.05, 4.69) is 53.1 Å². The smallest absolute Gasteiger partial charge is 0.241 e. The van der Waals surface area contributed by atoms with Crippen molar-refractivity contribution in [1.29, 1.82) is 0 Å². The van der Waals surface area contributed by atoms with Gasteiger partial charge >= 0.3 is 0 Å². The van der Waals surface area contributed by atoms with E-state index in [1.807, 2.05) is 53.4 Å². The quantitative estimate of drug-likeness (QED) is 0.617. The molecule has 1 fully saturated rings. The molecule has 4 nitrogen and oxygen atoms in total. The van der Waals surface area contributed by atoms with Crippen LogP contribution in [0.3, 0.4) is 0 Å². The molecule has 0 bridgehead atoms. The summed E-state index contributed by atoms with van der Waals surface area (Å²) in [6.07, 6.45) is 0. The van der Waals surface area contributed by atoms with Crippen LogP contribution in [0.2, 0.25) is 0 Å². The summed E-state index contributed by atoms with van der Waals surface area (Å²) < 4.78 is 0. The molecular weight excluding hydrogens is 370 g/mol. The largest absolute Gasteiger partial charge is 0.369 e. The molecule has 0 unspecified atom stereocenters. The van der Waals surface area contributed by atoms with Crippen LogP contribution in [-0.4, -0.2) is 43.5 Å². The maximum atomic E-state index is 13.3. The van der Waals surface area contributed by atoms with Crippen LogP contribution in [0.15, 0.2) is 84.9 Å². The standard InChI is InChI=1S/C26H29N3O/c1-22-12-14-24(15-13-22)28-18-16-27(17-19-28)21-26(30)29(25-10-6-3-7-11-25)20-23-8-4-2-5-9-23/h2-15H,16-21H2,1H3. The number of hydrogen-bond donors (Lipinski definition) is 0. The van der Waals surface area contributed by atoms with Gasteiger partial charge in [0.15, 0.2) is 0 Å².